The third-order valence-electron chi connectivity index (χ3n) is 4.97. The number of hydrogen-bond acceptors (Lipinski definition) is 4. The number of pyridine rings is 1. The first-order valence-corrected chi connectivity index (χ1v) is 6.60. The molecule has 2 atom stereocenters. The normalized spacial score (nSPS) is 37.2. The van der Waals surface area contributed by atoms with Crippen molar-refractivity contribution < 1.29 is 19.4 Å². The number of carboxylic acid groups (broad SMARTS) is 1. The quantitative estimate of drug-likeness (QED) is 0.897. The van der Waals surface area contributed by atoms with Gasteiger partial charge in [-0.3, -0.25) is 0 Å². The molecule has 4 saturated carbocycles. The van der Waals surface area contributed by atoms with Crippen LogP contribution >= 0.6 is 0 Å². The van der Waals surface area contributed by atoms with Crippen LogP contribution in [-0.4, -0.2) is 28.8 Å². The van der Waals surface area contributed by atoms with Crippen molar-refractivity contribution in [3.8, 4) is 11.6 Å². The van der Waals surface area contributed by atoms with Gasteiger partial charge < -0.3 is 14.6 Å². The summed E-state index contributed by atoms with van der Waals surface area (Å²) in [6.45, 7) is 0. The van der Waals surface area contributed by atoms with Crippen molar-refractivity contribution in [2.45, 2.75) is 24.9 Å². The first-order valence-electron chi connectivity index (χ1n) is 6.60. The summed E-state index contributed by atoms with van der Waals surface area (Å²) in [6.07, 6.45) is 4.92. The third-order valence-corrected chi connectivity index (χ3v) is 4.97. The van der Waals surface area contributed by atoms with Crippen LogP contribution < -0.4 is 9.47 Å². The van der Waals surface area contributed by atoms with E-state index in [2.05, 4.69) is 4.98 Å². The lowest BCUT2D eigenvalue weighted by Gasteiger charge is -2.17. The molecular weight excluding hydrogens is 246 g/mol. The van der Waals surface area contributed by atoms with Crippen LogP contribution in [0.5, 0.6) is 11.6 Å². The second-order valence-corrected chi connectivity index (χ2v) is 5.85. The largest absolute Gasteiger partial charge is 0.481 e. The molecule has 2 unspecified atom stereocenters. The fraction of sp³-hybridized carbons (Fsp3) is 0.571. The van der Waals surface area contributed by atoms with Crippen LogP contribution in [0.3, 0.4) is 0 Å². The van der Waals surface area contributed by atoms with E-state index < -0.39 is 5.97 Å². The zero-order valence-corrected chi connectivity index (χ0v) is 10.6. The van der Waals surface area contributed by atoms with Crippen LogP contribution in [0.2, 0.25) is 0 Å². The summed E-state index contributed by atoms with van der Waals surface area (Å²) in [5.74, 6) is 1.97. The number of aromatic nitrogens is 1. The standard InChI is InChI=1S/C14H15NO4/c1-18-12-11(4-8(6-15-12)13(16)17)19-14-5-7-2-9(14)10(14)3-7/h4,6-7,9-10H,2-3,5H2,1H3,(H,16,17). The van der Waals surface area contributed by atoms with Gasteiger partial charge in [0, 0.05) is 24.1 Å². The molecule has 0 amide bonds. The zero-order chi connectivity index (χ0) is 13.2. The molecule has 5 heteroatoms. The summed E-state index contributed by atoms with van der Waals surface area (Å²) in [5.41, 5.74) is 0.0891. The number of nitrogens with zero attached hydrogens (tertiary/aromatic N) is 1. The van der Waals surface area contributed by atoms with E-state index >= 15 is 0 Å². The summed E-state index contributed by atoms with van der Waals surface area (Å²) in [4.78, 5) is 15.0. The highest BCUT2D eigenvalue weighted by atomic mass is 16.5. The molecule has 0 spiro atoms. The van der Waals surface area contributed by atoms with E-state index in [4.69, 9.17) is 14.6 Å². The topological polar surface area (TPSA) is 68.7 Å². The van der Waals surface area contributed by atoms with Gasteiger partial charge in [-0.2, -0.15) is 0 Å². The molecule has 5 nitrogen and oxygen atoms in total. The Morgan fingerprint density at radius 3 is 2.74 bits per heavy atom. The summed E-state index contributed by atoms with van der Waals surface area (Å²) in [7, 11) is 1.52. The zero-order valence-electron chi connectivity index (χ0n) is 10.6. The van der Waals surface area contributed by atoms with E-state index in [0.29, 0.717) is 23.5 Å². The molecule has 4 bridgehead atoms. The van der Waals surface area contributed by atoms with E-state index in [1.165, 1.54) is 32.2 Å². The van der Waals surface area contributed by atoms with Gasteiger partial charge in [-0.25, -0.2) is 9.78 Å². The first kappa shape index (κ1) is 11.1. The number of carbonyl (C=O) groups is 1. The van der Waals surface area contributed by atoms with Gasteiger partial charge in [0.05, 0.1) is 12.7 Å². The van der Waals surface area contributed by atoms with Crippen LogP contribution in [0.4, 0.5) is 0 Å². The molecule has 0 radical (unpaired) electrons. The van der Waals surface area contributed by atoms with Gasteiger partial charge in [0.2, 0.25) is 0 Å². The predicted molar refractivity (Wildman–Crippen MR) is 65.4 cm³/mol. The Balaban J connectivity index is 1.67. The molecule has 1 N–H and O–H groups in total. The van der Waals surface area contributed by atoms with Crippen molar-refractivity contribution in [3.05, 3.63) is 17.8 Å². The van der Waals surface area contributed by atoms with E-state index in [0.717, 1.165) is 12.3 Å². The summed E-state index contributed by atoms with van der Waals surface area (Å²) < 4.78 is 11.3. The Hall–Kier alpha value is -1.78. The molecule has 100 valence electrons. The Bertz CT molecular complexity index is 559. The molecule has 1 aromatic rings. The lowest BCUT2D eigenvalue weighted by Crippen LogP contribution is -2.19. The van der Waals surface area contributed by atoms with E-state index in [1.807, 2.05) is 0 Å². The summed E-state index contributed by atoms with van der Waals surface area (Å²) >= 11 is 0. The van der Waals surface area contributed by atoms with Crippen LogP contribution in [-0.2, 0) is 0 Å². The van der Waals surface area contributed by atoms with Gasteiger partial charge in [0.15, 0.2) is 5.75 Å². The fourth-order valence-electron chi connectivity index (χ4n) is 4.21. The summed E-state index contributed by atoms with van der Waals surface area (Å²) in [5, 5.41) is 9.03. The molecule has 4 aliphatic carbocycles. The minimum absolute atomic E-state index is 0.0449. The molecule has 1 aromatic heterocycles. The number of hydrogen-bond donors (Lipinski definition) is 1. The lowest BCUT2D eigenvalue weighted by molar-refractivity contribution is 0.0694. The Morgan fingerprint density at radius 2 is 2.21 bits per heavy atom. The first-order chi connectivity index (χ1) is 9.14. The Kier molecular flexibility index (Phi) is 1.99. The second-order valence-electron chi connectivity index (χ2n) is 5.85. The maximum Gasteiger partial charge on any atom is 0.337 e. The van der Waals surface area contributed by atoms with Crippen LogP contribution in [0, 0.1) is 17.8 Å². The highest BCUT2D eigenvalue weighted by Crippen LogP contribution is 2.74. The van der Waals surface area contributed by atoms with Gasteiger partial charge >= 0.3 is 5.97 Å². The SMILES string of the molecule is COc1ncc(C(=O)O)cc1OC12CC3CC1C2C3. The highest BCUT2D eigenvalue weighted by Gasteiger charge is 2.77. The van der Waals surface area contributed by atoms with Crippen molar-refractivity contribution in [1.82, 2.24) is 4.98 Å². The number of rotatable bonds is 4. The number of aromatic carboxylic acids is 1. The maximum atomic E-state index is 11.0. The average molecular weight is 261 g/mol. The predicted octanol–water partition coefficient (Wildman–Crippen LogP) is 1.97. The lowest BCUT2D eigenvalue weighted by atomic mass is 10.1. The van der Waals surface area contributed by atoms with Crippen molar-refractivity contribution in [2.75, 3.05) is 7.11 Å². The molecule has 0 aliphatic heterocycles. The minimum Gasteiger partial charge on any atom is -0.481 e. The smallest absolute Gasteiger partial charge is 0.337 e. The van der Waals surface area contributed by atoms with Gasteiger partial charge in [-0.15, -0.1) is 0 Å². The monoisotopic (exact) mass is 261 g/mol. The molecule has 1 heterocycles. The van der Waals surface area contributed by atoms with Crippen LogP contribution in [0.25, 0.3) is 0 Å². The number of carboxylic acids is 1. The molecular formula is C14H15NO4. The van der Waals surface area contributed by atoms with E-state index in [9.17, 15) is 4.79 Å². The van der Waals surface area contributed by atoms with Gasteiger partial charge in [0.1, 0.15) is 5.60 Å². The maximum absolute atomic E-state index is 11.0. The molecule has 19 heavy (non-hydrogen) atoms. The molecule has 0 aromatic carbocycles. The number of methoxy groups -OCH3 is 1. The average Bonchev–Trinajstić information content (AvgIpc) is 2.87. The van der Waals surface area contributed by atoms with Crippen LogP contribution in [0.1, 0.15) is 29.6 Å². The van der Waals surface area contributed by atoms with Crippen LogP contribution in [0.15, 0.2) is 12.3 Å². The number of ether oxygens (including phenoxy) is 2. The fourth-order valence-corrected chi connectivity index (χ4v) is 4.21. The Labute approximate surface area is 110 Å². The van der Waals surface area contributed by atoms with Crippen molar-refractivity contribution in [1.29, 1.82) is 0 Å². The Morgan fingerprint density at radius 1 is 1.47 bits per heavy atom. The highest BCUT2D eigenvalue weighted by molar-refractivity contribution is 5.87. The second kappa shape index (κ2) is 3.40. The van der Waals surface area contributed by atoms with Gasteiger partial charge in [-0.1, -0.05) is 0 Å². The van der Waals surface area contributed by atoms with E-state index in [1.54, 1.807) is 0 Å². The minimum atomic E-state index is -0.999. The molecule has 4 aliphatic rings. The van der Waals surface area contributed by atoms with E-state index in [-0.39, 0.29) is 11.2 Å². The van der Waals surface area contributed by atoms with Gasteiger partial charge in [-0.05, 0) is 25.2 Å². The summed E-state index contributed by atoms with van der Waals surface area (Å²) in [6, 6.07) is 1.52. The van der Waals surface area contributed by atoms with Crippen molar-refractivity contribution in [3.63, 3.8) is 0 Å². The van der Waals surface area contributed by atoms with Crippen molar-refractivity contribution >= 4 is 5.97 Å². The molecule has 5 rings (SSSR count). The van der Waals surface area contributed by atoms with Gasteiger partial charge in [0.25, 0.3) is 5.88 Å². The molecule has 0 saturated heterocycles. The third kappa shape index (κ3) is 1.35. The van der Waals surface area contributed by atoms with Crippen molar-refractivity contribution in [2.24, 2.45) is 17.8 Å². The molecule has 4 fully saturated rings.